The molecule has 1 aromatic heterocycles. The minimum absolute atomic E-state index is 0.0418. The number of esters is 1. The van der Waals surface area contributed by atoms with Gasteiger partial charge in [0, 0.05) is 6.04 Å². The van der Waals surface area contributed by atoms with E-state index in [1.165, 1.54) is 12.7 Å². The summed E-state index contributed by atoms with van der Waals surface area (Å²) in [7, 11) is 1.31. The van der Waals surface area contributed by atoms with Crippen LogP contribution in [0.15, 0.2) is 30.3 Å². The van der Waals surface area contributed by atoms with E-state index in [2.05, 4.69) is 42.5 Å². The predicted octanol–water partition coefficient (Wildman–Crippen LogP) is 2.54. The molecule has 1 heterocycles. The van der Waals surface area contributed by atoms with E-state index in [4.69, 9.17) is 11.6 Å². The molecule has 0 saturated carbocycles. The Morgan fingerprint density at radius 3 is 2.62 bits per heavy atom. The van der Waals surface area contributed by atoms with Crippen LogP contribution in [0.3, 0.4) is 0 Å². The van der Waals surface area contributed by atoms with Gasteiger partial charge in [0.2, 0.25) is 17.2 Å². The van der Waals surface area contributed by atoms with Gasteiger partial charge in [0.25, 0.3) is 0 Å². The first kappa shape index (κ1) is 17.9. The Kier molecular flexibility index (Phi) is 6.74. The maximum Gasteiger partial charge on any atom is 0.325 e. The molecule has 8 heteroatoms. The molecule has 1 unspecified atom stereocenters. The number of aromatic nitrogens is 3. The molecule has 0 fully saturated rings. The van der Waals surface area contributed by atoms with E-state index in [-0.39, 0.29) is 23.8 Å². The number of hydrogen-bond acceptors (Lipinski definition) is 7. The van der Waals surface area contributed by atoms with Crippen molar-refractivity contribution < 1.29 is 9.53 Å². The summed E-state index contributed by atoms with van der Waals surface area (Å²) in [4.78, 5) is 23.3. The van der Waals surface area contributed by atoms with Gasteiger partial charge < -0.3 is 15.4 Å². The van der Waals surface area contributed by atoms with E-state index in [1.54, 1.807) is 0 Å². The number of hydrogen-bond donors (Lipinski definition) is 2. The quantitative estimate of drug-likeness (QED) is 0.708. The number of anilines is 2. The molecule has 0 saturated heterocycles. The van der Waals surface area contributed by atoms with E-state index >= 15 is 0 Å². The lowest BCUT2D eigenvalue weighted by Gasteiger charge is -2.14. The minimum atomic E-state index is -0.419. The number of halogens is 1. The number of methoxy groups -OCH3 is 1. The highest BCUT2D eigenvalue weighted by Gasteiger charge is 2.10. The van der Waals surface area contributed by atoms with Crippen molar-refractivity contribution in [3.63, 3.8) is 0 Å². The zero-order chi connectivity index (χ0) is 17.4. The molecule has 0 aliphatic carbocycles. The monoisotopic (exact) mass is 349 g/mol. The van der Waals surface area contributed by atoms with Crippen LogP contribution in [0, 0.1) is 0 Å². The predicted molar refractivity (Wildman–Crippen MR) is 93.2 cm³/mol. The maximum absolute atomic E-state index is 11.1. The Balaban J connectivity index is 1.90. The van der Waals surface area contributed by atoms with Crippen LogP contribution in [0.1, 0.15) is 18.9 Å². The van der Waals surface area contributed by atoms with Crippen molar-refractivity contribution in [2.24, 2.45) is 0 Å². The molecule has 128 valence electrons. The summed E-state index contributed by atoms with van der Waals surface area (Å²) in [5.74, 6) is 0.165. The van der Waals surface area contributed by atoms with Crippen molar-refractivity contribution in [1.29, 1.82) is 0 Å². The van der Waals surface area contributed by atoms with Gasteiger partial charge in [-0.25, -0.2) is 0 Å². The number of ether oxygens (including phenoxy) is 1. The summed E-state index contributed by atoms with van der Waals surface area (Å²) in [6, 6.07) is 10.4. The van der Waals surface area contributed by atoms with Crippen molar-refractivity contribution in [2.45, 2.75) is 25.8 Å². The summed E-state index contributed by atoms with van der Waals surface area (Å²) in [5.41, 5.74) is 1.28. The Hall–Kier alpha value is -2.41. The van der Waals surface area contributed by atoms with Gasteiger partial charge in [0.15, 0.2) is 0 Å². The molecule has 1 atom stereocenters. The molecule has 0 aliphatic heterocycles. The SMILES string of the molecule is COC(=O)CNc1nc(Cl)nc(NC(C)CCc2ccccc2)n1. The van der Waals surface area contributed by atoms with Gasteiger partial charge in [-0.2, -0.15) is 15.0 Å². The number of nitrogens with zero attached hydrogens (tertiary/aromatic N) is 3. The van der Waals surface area contributed by atoms with Crippen molar-refractivity contribution in [2.75, 3.05) is 24.3 Å². The molecule has 2 aromatic rings. The molecule has 7 nitrogen and oxygen atoms in total. The summed E-state index contributed by atoms with van der Waals surface area (Å²) in [5, 5.41) is 5.99. The second-order valence-electron chi connectivity index (χ2n) is 5.25. The van der Waals surface area contributed by atoms with E-state index in [0.717, 1.165) is 12.8 Å². The third-order valence-corrected chi connectivity index (χ3v) is 3.48. The van der Waals surface area contributed by atoms with Crippen molar-refractivity contribution in [3.05, 3.63) is 41.2 Å². The fourth-order valence-electron chi connectivity index (χ4n) is 2.04. The van der Waals surface area contributed by atoms with E-state index in [9.17, 15) is 4.79 Å². The maximum atomic E-state index is 11.1. The molecule has 1 aromatic carbocycles. The zero-order valence-corrected chi connectivity index (χ0v) is 14.4. The standard InChI is InChI=1S/C16H20ClN5O2/c1-11(8-9-12-6-4-3-5-7-12)19-16-21-14(17)20-15(22-16)18-10-13(23)24-2/h3-7,11H,8-10H2,1-2H3,(H2,18,19,20,21,22). The lowest BCUT2D eigenvalue weighted by Crippen LogP contribution is -2.20. The molecule has 2 rings (SSSR count). The van der Waals surface area contributed by atoms with Crippen LogP contribution < -0.4 is 10.6 Å². The lowest BCUT2D eigenvalue weighted by molar-refractivity contribution is -0.138. The van der Waals surface area contributed by atoms with Gasteiger partial charge in [0.05, 0.1) is 7.11 Å². The van der Waals surface area contributed by atoms with Gasteiger partial charge in [-0.15, -0.1) is 0 Å². The molecule has 0 radical (unpaired) electrons. The second-order valence-corrected chi connectivity index (χ2v) is 5.59. The molecule has 2 N–H and O–H groups in total. The van der Waals surface area contributed by atoms with Gasteiger partial charge >= 0.3 is 5.97 Å². The molecular weight excluding hydrogens is 330 g/mol. The fourth-order valence-corrected chi connectivity index (χ4v) is 2.20. The first-order chi connectivity index (χ1) is 11.6. The lowest BCUT2D eigenvalue weighted by atomic mass is 10.1. The highest BCUT2D eigenvalue weighted by Crippen LogP contribution is 2.12. The van der Waals surface area contributed by atoms with Crippen molar-refractivity contribution >= 4 is 29.5 Å². The zero-order valence-electron chi connectivity index (χ0n) is 13.6. The number of carbonyl (C=O) groups excluding carboxylic acids is 1. The van der Waals surface area contributed by atoms with E-state index in [1.807, 2.05) is 25.1 Å². The average Bonchev–Trinajstić information content (AvgIpc) is 2.58. The largest absolute Gasteiger partial charge is 0.468 e. The fraction of sp³-hybridized carbons (Fsp3) is 0.375. The van der Waals surface area contributed by atoms with E-state index < -0.39 is 5.97 Å². The summed E-state index contributed by atoms with van der Waals surface area (Å²) < 4.78 is 4.55. The number of aryl methyl sites for hydroxylation is 1. The molecule has 24 heavy (non-hydrogen) atoms. The van der Waals surface area contributed by atoms with Crippen LogP contribution in [-0.2, 0) is 16.0 Å². The molecule has 0 amide bonds. The molecule has 0 aliphatic rings. The topological polar surface area (TPSA) is 89.0 Å². The van der Waals surface area contributed by atoms with Crippen LogP contribution >= 0.6 is 11.6 Å². The summed E-state index contributed by atoms with van der Waals surface area (Å²) >= 11 is 5.90. The molecule has 0 bridgehead atoms. The number of carbonyl (C=O) groups is 1. The van der Waals surface area contributed by atoms with E-state index in [0.29, 0.717) is 5.95 Å². The van der Waals surface area contributed by atoms with Gasteiger partial charge in [-0.1, -0.05) is 30.3 Å². The highest BCUT2D eigenvalue weighted by atomic mass is 35.5. The van der Waals surface area contributed by atoms with Crippen LogP contribution in [0.25, 0.3) is 0 Å². The average molecular weight is 350 g/mol. The number of benzene rings is 1. The van der Waals surface area contributed by atoms with Gasteiger partial charge in [0.1, 0.15) is 6.54 Å². The van der Waals surface area contributed by atoms with Crippen LogP contribution in [0.5, 0.6) is 0 Å². The molecular formula is C16H20ClN5O2. The summed E-state index contributed by atoms with van der Waals surface area (Å²) in [6.45, 7) is 2.00. The molecule has 0 spiro atoms. The first-order valence-electron chi connectivity index (χ1n) is 7.59. The third kappa shape index (κ3) is 6.00. The third-order valence-electron chi connectivity index (χ3n) is 3.31. The van der Waals surface area contributed by atoms with Crippen LogP contribution in [-0.4, -0.2) is 40.6 Å². The van der Waals surface area contributed by atoms with Crippen LogP contribution in [0.4, 0.5) is 11.9 Å². The Labute approximate surface area is 145 Å². The smallest absolute Gasteiger partial charge is 0.325 e. The second kappa shape index (κ2) is 9.02. The Bertz CT molecular complexity index is 669. The van der Waals surface area contributed by atoms with Gasteiger partial charge in [-0.3, -0.25) is 4.79 Å². The Morgan fingerprint density at radius 1 is 1.21 bits per heavy atom. The van der Waals surface area contributed by atoms with Crippen molar-refractivity contribution in [1.82, 2.24) is 15.0 Å². The Morgan fingerprint density at radius 2 is 1.92 bits per heavy atom. The number of rotatable bonds is 8. The highest BCUT2D eigenvalue weighted by molar-refractivity contribution is 6.28. The van der Waals surface area contributed by atoms with Gasteiger partial charge in [-0.05, 0) is 36.9 Å². The van der Waals surface area contributed by atoms with Crippen molar-refractivity contribution in [3.8, 4) is 0 Å². The minimum Gasteiger partial charge on any atom is -0.468 e. The normalized spacial score (nSPS) is 11.6. The summed E-state index contributed by atoms with van der Waals surface area (Å²) in [6.07, 6.45) is 1.86. The van der Waals surface area contributed by atoms with Crippen LogP contribution in [0.2, 0.25) is 5.28 Å². The first-order valence-corrected chi connectivity index (χ1v) is 7.97. The number of nitrogens with one attached hydrogen (secondary N) is 2.